The van der Waals surface area contributed by atoms with Gasteiger partial charge in [-0.1, -0.05) is 0 Å². The number of hydrogen-bond donors (Lipinski definition) is 1. The Morgan fingerprint density at radius 2 is 2.00 bits per heavy atom. The molecule has 1 aromatic carbocycles. The third-order valence-electron chi connectivity index (χ3n) is 4.08. The highest BCUT2D eigenvalue weighted by Crippen LogP contribution is 2.27. The molecule has 1 N–H and O–H groups in total. The summed E-state index contributed by atoms with van der Waals surface area (Å²) >= 11 is 0. The summed E-state index contributed by atoms with van der Waals surface area (Å²) in [7, 11) is -3.72. The number of benzene rings is 1. The van der Waals surface area contributed by atoms with Crippen LogP contribution in [0.4, 0.5) is 0 Å². The van der Waals surface area contributed by atoms with Crippen LogP contribution in [0.1, 0.15) is 28.5 Å². The average molecular weight is 362 g/mol. The Balaban J connectivity index is 1.91. The molecule has 0 radical (unpaired) electrons. The third kappa shape index (κ3) is 3.35. The first-order valence-electron chi connectivity index (χ1n) is 7.86. The van der Waals surface area contributed by atoms with Crippen molar-refractivity contribution < 1.29 is 23.1 Å². The molecule has 8 heteroatoms. The maximum atomic E-state index is 12.9. The molecule has 3 rings (SSSR count). The van der Waals surface area contributed by atoms with E-state index in [-0.39, 0.29) is 23.5 Å². The van der Waals surface area contributed by atoms with Crippen LogP contribution in [0.5, 0.6) is 5.75 Å². The number of rotatable bonds is 5. The molecule has 7 nitrogen and oxygen atoms in total. The van der Waals surface area contributed by atoms with E-state index < -0.39 is 16.0 Å². The second-order valence-corrected chi connectivity index (χ2v) is 7.52. The Morgan fingerprint density at radius 3 is 2.64 bits per heavy atom. The van der Waals surface area contributed by atoms with Crippen molar-refractivity contribution in [3.8, 4) is 5.75 Å². The molecule has 0 bridgehead atoms. The van der Waals surface area contributed by atoms with Crippen LogP contribution in [0.25, 0.3) is 0 Å². The van der Waals surface area contributed by atoms with Crippen molar-refractivity contribution in [2.75, 3.05) is 13.2 Å². The molecule has 132 valence electrons. The van der Waals surface area contributed by atoms with Crippen LogP contribution in [0, 0.1) is 0 Å². The topological polar surface area (TPSA) is 96.8 Å². The molecule has 1 aromatic heterocycles. The zero-order chi connectivity index (χ0) is 18.0. The fourth-order valence-electron chi connectivity index (χ4n) is 2.84. The van der Waals surface area contributed by atoms with E-state index in [1.165, 1.54) is 28.7 Å². The van der Waals surface area contributed by atoms with Gasteiger partial charge in [0.25, 0.3) is 0 Å². The van der Waals surface area contributed by atoms with Crippen molar-refractivity contribution in [2.45, 2.75) is 24.8 Å². The van der Waals surface area contributed by atoms with E-state index >= 15 is 0 Å². The van der Waals surface area contributed by atoms with Crippen LogP contribution in [0.3, 0.4) is 0 Å². The Kier molecular flexibility index (Phi) is 4.73. The fraction of sp³-hybridized carbons (Fsp3) is 0.294. The summed E-state index contributed by atoms with van der Waals surface area (Å²) in [5.41, 5.74) is 1.19. The predicted octanol–water partition coefficient (Wildman–Crippen LogP) is 1.93. The first-order chi connectivity index (χ1) is 11.9. The molecule has 25 heavy (non-hydrogen) atoms. The number of nitrogens with zero attached hydrogens (tertiary/aromatic N) is 2. The quantitative estimate of drug-likeness (QED) is 0.873. The first-order valence-corrected chi connectivity index (χ1v) is 9.30. The van der Waals surface area contributed by atoms with Crippen molar-refractivity contribution in [1.29, 1.82) is 0 Å². The van der Waals surface area contributed by atoms with E-state index in [0.29, 0.717) is 30.0 Å². The van der Waals surface area contributed by atoms with Crippen LogP contribution < -0.4 is 4.74 Å². The van der Waals surface area contributed by atoms with E-state index in [2.05, 4.69) is 4.98 Å². The van der Waals surface area contributed by atoms with Crippen LogP contribution in [-0.2, 0) is 23.0 Å². The van der Waals surface area contributed by atoms with Gasteiger partial charge in [-0.2, -0.15) is 4.31 Å². The third-order valence-corrected chi connectivity index (χ3v) is 5.94. The monoisotopic (exact) mass is 362 g/mol. The lowest BCUT2D eigenvalue weighted by molar-refractivity contribution is 0.0694. The van der Waals surface area contributed by atoms with Gasteiger partial charge in [-0.05, 0) is 37.3 Å². The number of aromatic carboxylic acids is 1. The molecular weight excluding hydrogens is 344 g/mol. The lowest BCUT2D eigenvalue weighted by Gasteiger charge is -2.28. The van der Waals surface area contributed by atoms with E-state index in [0.717, 1.165) is 0 Å². The highest BCUT2D eigenvalue weighted by molar-refractivity contribution is 7.89. The maximum Gasteiger partial charge on any atom is 0.336 e. The number of pyridine rings is 1. The lowest BCUT2D eigenvalue weighted by atomic mass is 10.0. The Hall–Kier alpha value is -2.45. The number of hydrogen-bond acceptors (Lipinski definition) is 5. The van der Waals surface area contributed by atoms with Crippen molar-refractivity contribution >= 4 is 16.0 Å². The largest absolute Gasteiger partial charge is 0.494 e. The number of ether oxygens (including phenoxy) is 1. The molecule has 0 aliphatic carbocycles. The number of sulfonamides is 1. The van der Waals surface area contributed by atoms with E-state index in [9.17, 15) is 18.3 Å². The first kappa shape index (κ1) is 17.4. The Bertz CT molecular complexity index is 894. The number of carboxylic acids is 1. The smallest absolute Gasteiger partial charge is 0.336 e. The van der Waals surface area contributed by atoms with Gasteiger partial charge < -0.3 is 9.84 Å². The van der Waals surface area contributed by atoms with Gasteiger partial charge in [0.2, 0.25) is 10.0 Å². The van der Waals surface area contributed by atoms with Gasteiger partial charge in [-0.25, -0.2) is 13.2 Å². The SMILES string of the molecule is CCOc1ccc(S(=O)(=O)N2CCc3nccc(C(=O)O)c3C2)cc1. The normalized spacial score (nSPS) is 14.8. The van der Waals surface area contributed by atoms with Gasteiger partial charge in [0.1, 0.15) is 5.75 Å². The number of fused-ring (bicyclic) bond motifs is 1. The minimum absolute atomic E-state index is 0.000349. The summed E-state index contributed by atoms with van der Waals surface area (Å²) in [6.45, 7) is 2.61. The van der Waals surface area contributed by atoms with Gasteiger partial charge in [-0.15, -0.1) is 0 Å². The summed E-state index contributed by atoms with van der Waals surface area (Å²) in [4.78, 5) is 15.7. The standard InChI is InChI=1S/C17H18N2O5S/c1-2-24-12-3-5-13(6-4-12)25(22,23)19-10-8-16-15(11-19)14(17(20)21)7-9-18-16/h3-7,9H,2,8,10-11H2,1H3,(H,20,21). The number of carboxylic acid groups (broad SMARTS) is 1. The molecule has 0 atom stereocenters. The maximum absolute atomic E-state index is 12.9. The van der Waals surface area contributed by atoms with Crippen molar-refractivity contribution in [3.05, 3.63) is 53.3 Å². The molecule has 2 aromatic rings. The van der Waals surface area contributed by atoms with Gasteiger partial charge in [0.15, 0.2) is 0 Å². The predicted molar refractivity (Wildman–Crippen MR) is 90.1 cm³/mol. The molecule has 2 heterocycles. The van der Waals surface area contributed by atoms with Crippen LogP contribution in [0.2, 0.25) is 0 Å². The van der Waals surface area contributed by atoms with E-state index in [1.807, 2.05) is 6.92 Å². The van der Waals surface area contributed by atoms with E-state index in [1.54, 1.807) is 12.1 Å². The molecule has 0 saturated heterocycles. The summed E-state index contributed by atoms with van der Waals surface area (Å²) in [6.07, 6.45) is 1.83. The van der Waals surface area contributed by atoms with Crippen molar-refractivity contribution in [3.63, 3.8) is 0 Å². The zero-order valence-electron chi connectivity index (χ0n) is 13.7. The fourth-order valence-corrected chi connectivity index (χ4v) is 4.25. The summed E-state index contributed by atoms with van der Waals surface area (Å²) in [5, 5.41) is 9.32. The van der Waals surface area contributed by atoms with Crippen molar-refractivity contribution in [1.82, 2.24) is 9.29 Å². The molecule has 0 spiro atoms. The summed E-state index contributed by atoms with van der Waals surface area (Å²) < 4.78 is 32.3. The Morgan fingerprint density at radius 1 is 1.28 bits per heavy atom. The molecule has 0 amide bonds. The van der Waals surface area contributed by atoms with Crippen LogP contribution >= 0.6 is 0 Å². The molecule has 0 saturated carbocycles. The van der Waals surface area contributed by atoms with Crippen LogP contribution in [0.15, 0.2) is 41.4 Å². The molecule has 0 fully saturated rings. The molecule has 1 aliphatic rings. The van der Waals surface area contributed by atoms with Crippen molar-refractivity contribution in [2.24, 2.45) is 0 Å². The second-order valence-electron chi connectivity index (χ2n) is 5.58. The minimum atomic E-state index is -3.72. The average Bonchev–Trinajstić information content (AvgIpc) is 2.61. The Labute approximate surface area is 145 Å². The van der Waals surface area contributed by atoms with Crippen LogP contribution in [-0.4, -0.2) is 41.9 Å². The van der Waals surface area contributed by atoms with Gasteiger partial charge in [-0.3, -0.25) is 4.98 Å². The van der Waals surface area contributed by atoms with Gasteiger partial charge in [0, 0.05) is 37.0 Å². The zero-order valence-corrected chi connectivity index (χ0v) is 14.5. The molecule has 1 aliphatic heterocycles. The highest BCUT2D eigenvalue weighted by atomic mass is 32.2. The van der Waals surface area contributed by atoms with Gasteiger partial charge >= 0.3 is 5.97 Å². The number of aromatic nitrogens is 1. The molecule has 0 unspecified atom stereocenters. The minimum Gasteiger partial charge on any atom is -0.494 e. The molecular formula is C17H18N2O5S. The van der Waals surface area contributed by atoms with Gasteiger partial charge in [0.05, 0.1) is 17.1 Å². The summed E-state index contributed by atoms with van der Waals surface area (Å²) in [5.74, 6) is -0.484. The number of carbonyl (C=O) groups is 1. The van der Waals surface area contributed by atoms with E-state index in [4.69, 9.17) is 4.74 Å². The highest BCUT2D eigenvalue weighted by Gasteiger charge is 2.31. The second kappa shape index (κ2) is 6.81. The lowest BCUT2D eigenvalue weighted by Crippen LogP contribution is -2.37. The summed E-state index contributed by atoms with van der Waals surface area (Å²) in [6, 6.07) is 7.61.